The van der Waals surface area contributed by atoms with Gasteiger partial charge in [0.1, 0.15) is 17.7 Å². The van der Waals surface area contributed by atoms with E-state index in [1.807, 2.05) is 0 Å². The standard InChI is InChI=1S/C18H15Cl2FN4O/c1-25-8-7-22-17(25)16(11-3-2-4-12(21)9-11)24-18(26)23-13-5-6-14(19)15(20)10-13/h2-10,16H,1H3,(H2,23,24,26)/t16-/m1/s1. The summed E-state index contributed by atoms with van der Waals surface area (Å²) in [6, 6.07) is 9.65. The maximum Gasteiger partial charge on any atom is 0.320 e. The molecule has 3 rings (SSSR count). The van der Waals surface area contributed by atoms with Gasteiger partial charge in [0.15, 0.2) is 0 Å². The predicted octanol–water partition coefficient (Wildman–Crippen LogP) is 4.78. The van der Waals surface area contributed by atoms with Gasteiger partial charge in [-0.15, -0.1) is 0 Å². The fourth-order valence-electron chi connectivity index (χ4n) is 2.51. The molecule has 1 aromatic heterocycles. The third-order valence-corrected chi connectivity index (χ3v) is 4.49. The summed E-state index contributed by atoms with van der Waals surface area (Å²) < 4.78 is 15.4. The normalized spacial score (nSPS) is 11.8. The number of halogens is 3. The summed E-state index contributed by atoms with van der Waals surface area (Å²) in [5, 5.41) is 6.21. The van der Waals surface area contributed by atoms with Gasteiger partial charge in [0, 0.05) is 25.1 Å². The summed E-state index contributed by atoms with van der Waals surface area (Å²) in [4.78, 5) is 16.7. The quantitative estimate of drug-likeness (QED) is 0.671. The average molecular weight is 393 g/mol. The van der Waals surface area contributed by atoms with E-state index >= 15 is 0 Å². The molecular formula is C18H15Cl2FN4O. The van der Waals surface area contributed by atoms with E-state index < -0.39 is 17.9 Å². The van der Waals surface area contributed by atoms with Gasteiger partial charge in [0.2, 0.25) is 0 Å². The molecular weight excluding hydrogens is 378 g/mol. The number of carbonyl (C=O) groups excluding carboxylic acids is 1. The second kappa shape index (κ2) is 7.76. The Morgan fingerprint density at radius 3 is 2.65 bits per heavy atom. The van der Waals surface area contributed by atoms with Crippen LogP contribution in [0.3, 0.4) is 0 Å². The van der Waals surface area contributed by atoms with E-state index in [1.165, 1.54) is 12.1 Å². The van der Waals surface area contributed by atoms with Crippen molar-refractivity contribution in [3.63, 3.8) is 0 Å². The van der Waals surface area contributed by atoms with Crippen molar-refractivity contribution in [3.05, 3.63) is 82.1 Å². The van der Waals surface area contributed by atoms with E-state index in [2.05, 4.69) is 15.6 Å². The molecule has 5 nitrogen and oxygen atoms in total. The molecule has 8 heteroatoms. The molecule has 0 spiro atoms. The first-order valence-electron chi connectivity index (χ1n) is 7.69. The van der Waals surface area contributed by atoms with Gasteiger partial charge in [-0.05, 0) is 35.9 Å². The average Bonchev–Trinajstić information content (AvgIpc) is 3.02. The fraction of sp³-hybridized carbons (Fsp3) is 0.111. The van der Waals surface area contributed by atoms with Crippen molar-refractivity contribution < 1.29 is 9.18 Å². The first kappa shape index (κ1) is 18.2. The lowest BCUT2D eigenvalue weighted by molar-refractivity contribution is 0.249. The number of amides is 2. The van der Waals surface area contributed by atoms with Crippen molar-refractivity contribution in [3.8, 4) is 0 Å². The van der Waals surface area contributed by atoms with E-state index in [0.29, 0.717) is 27.1 Å². The number of nitrogens with one attached hydrogen (secondary N) is 2. The number of aromatic nitrogens is 2. The molecule has 0 fully saturated rings. The number of urea groups is 1. The molecule has 3 aromatic rings. The highest BCUT2D eigenvalue weighted by Crippen LogP contribution is 2.25. The topological polar surface area (TPSA) is 59.0 Å². The lowest BCUT2D eigenvalue weighted by Crippen LogP contribution is -2.34. The Labute approximate surface area is 159 Å². The summed E-state index contributed by atoms with van der Waals surface area (Å²) in [7, 11) is 1.80. The second-order valence-corrected chi connectivity index (χ2v) is 6.43. The van der Waals surface area contributed by atoms with Crippen molar-refractivity contribution in [2.75, 3.05) is 5.32 Å². The Kier molecular flexibility index (Phi) is 5.44. The van der Waals surface area contributed by atoms with Crippen LogP contribution < -0.4 is 10.6 Å². The minimum Gasteiger partial charge on any atom is -0.336 e. The van der Waals surface area contributed by atoms with Crippen molar-refractivity contribution in [2.45, 2.75) is 6.04 Å². The molecule has 0 bridgehead atoms. The molecule has 0 aliphatic heterocycles. The summed E-state index contributed by atoms with van der Waals surface area (Å²) in [5.74, 6) is 0.174. The first-order chi connectivity index (χ1) is 12.4. The molecule has 26 heavy (non-hydrogen) atoms. The molecule has 134 valence electrons. The van der Waals surface area contributed by atoms with E-state index in [9.17, 15) is 9.18 Å². The smallest absolute Gasteiger partial charge is 0.320 e. The molecule has 1 heterocycles. The summed E-state index contributed by atoms with van der Waals surface area (Å²) >= 11 is 11.8. The van der Waals surface area contributed by atoms with Crippen LogP contribution in [0.25, 0.3) is 0 Å². The number of rotatable bonds is 4. The Bertz CT molecular complexity index is 944. The summed E-state index contributed by atoms with van der Waals surface area (Å²) in [6.45, 7) is 0. The molecule has 0 saturated carbocycles. The van der Waals surface area contributed by atoms with Gasteiger partial charge in [-0.3, -0.25) is 0 Å². The number of benzene rings is 2. The van der Waals surface area contributed by atoms with Crippen molar-refractivity contribution in [2.24, 2.45) is 7.05 Å². The molecule has 0 radical (unpaired) electrons. The van der Waals surface area contributed by atoms with Gasteiger partial charge in [-0.25, -0.2) is 14.2 Å². The van der Waals surface area contributed by atoms with Gasteiger partial charge in [0.05, 0.1) is 10.0 Å². The van der Waals surface area contributed by atoms with Gasteiger partial charge < -0.3 is 15.2 Å². The lowest BCUT2D eigenvalue weighted by Gasteiger charge is -2.19. The molecule has 0 aliphatic rings. The maximum atomic E-state index is 13.7. The first-order valence-corrected chi connectivity index (χ1v) is 8.45. The lowest BCUT2D eigenvalue weighted by atomic mass is 10.1. The Morgan fingerprint density at radius 1 is 1.19 bits per heavy atom. The molecule has 0 aliphatic carbocycles. The van der Waals surface area contributed by atoms with Crippen LogP contribution in [0.2, 0.25) is 10.0 Å². The Hall–Kier alpha value is -2.57. The highest BCUT2D eigenvalue weighted by atomic mass is 35.5. The van der Waals surface area contributed by atoms with Gasteiger partial charge in [-0.1, -0.05) is 35.3 Å². The predicted molar refractivity (Wildman–Crippen MR) is 100 cm³/mol. The SMILES string of the molecule is Cn1ccnc1[C@H](NC(=O)Nc1ccc(Cl)c(Cl)c1)c1cccc(F)c1. The number of aryl methyl sites for hydroxylation is 1. The van der Waals surface area contributed by atoms with Gasteiger partial charge >= 0.3 is 6.03 Å². The van der Waals surface area contributed by atoms with Crippen molar-refractivity contribution in [1.82, 2.24) is 14.9 Å². The van der Waals surface area contributed by atoms with Crippen LogP contribution in [0.15, 0.2) is 54.9 Å². The number of carbonyl (C=O) groups is 1. The molecule has 2 aromatic carbocycles. The minimum atomic E-state index is -0.631. The third-order valence-electron chi connectivity index (χ3n) is 3.75. The highest BCUT2D eigenvalue weighted by Gasteiger charge is 2.21. The van der Waals surface area contributed by atoms with E-state index in [1.54, 1.807) is 54.3 Å². The van der Waals surface area contributed by atoms with Gasteiger partial charge in [-0.2, -0.15) is 0 Å². The molecule has 0 saturated heterocycles. The van der Waals surface area contributed by atoms with Crippen molar-refractivity contribution >= 4 is 34.9 Å². The summed E-state index contributed by atoms with van der Waals surface area (Å²) in [6.07, 6.45) is 3.36. The maximum absolute atomic E-state index is 13.7. The van der Waals surface area contributed by atoms with Crippen molar-refractivity contribution in [1.29, 1.82) is 0 Å². The van der Waals surface area contributed by atoms with Gasteiger partial charge in [0.25, 0.3) is 0 Å². The van der Waals surface area contributed by atoms with E-state index in [0.717, 1.165) is 0 Å². The minimum absolute atomic E-state index is 0.329. The zero-order chi connectivity index (χ0) is 18.7. The zero-order valence-electron chi connectivity index (χ0n) is 13.7. The molecule has 2 amide bonds. The number of nitrogens with zero attached hydrogens (tertiary/aromatic N) is 2. The summed E-state index contributed by atoms with van der Waals surface area (Å²) in [5.41, 5.74) is 1.05. The molecule has 2 N–H and O–H groups in total. The number of hydrogen-bond acceptors (Lipinski definition) is 2. The van der Waals surface area contributed by atoms with Crippen LogP contribution in [0.5, 0.6) is 0 Å². The van der Waals surface area contributed by atoms with Crippen LogP contribution in [0, 0.1) is 5.82 Å². The molecule has 0 unspecified atom stereocenters. The monoisotopic (exact) mass is 392 g/mol. The van der Waals surface area contributed by atoms with Crippen LogP contribution in [0.1, 0.15) is 17.4 Å². The zero-order valence-corrected chi connectivity index (χ0v) is 15.2. The van der Waals surface area contributed by atoms with E-state index in [-0.39, 0.29) is 0 Å². The number of anilines is 1. The number of hydrogen-bond donors (Lipinski definition) is 2. The van der Waals surface area contributed by atoms with Crippen LogP contribution >= 0.6 is 23.2 Å². The third kappa shape index (κ3) is 4.15. The Balaban J connectivity index is 1.84. The van der Waals surface area contributed by atoms with Crippen LogP contribution in [-0.4, -0.2) is 15.6 Å². The van der Waals surface area contributed by atoms with Crippen LogP contribution in [-0.2, 0) is 7.05 Å². The number of imidazole rings is 1. The fourth-order valence-corrected chi connectivity index (χ4v) is 2.81. The molecule has 1 atom stereocenters. The largest absolute Gasteiger partial charge is 0.336 e. The highest BCUT2D eigenvalue weighted by molar-refractivity contribution is 6.42. The van der Waals surface area contributed by atoms with E-state index in [4.69, 9.17) is 23.2 Å². The van der Waals surface area contributed by atoms with Crippen LogP contribution in [0.4, 0.5) is 14.9 Å². The second-order valence-electron chi connectivity index (χ2n) is 5.61. The Morgan fingerprint density at radius 2 is 2.00 bits per heavy atom.